The van der Waals surface area contributed by atoms with Crippen LogP contribution >= 0.6 is 22.7 Å². The van der Waals surface area contributed by atoms with Crippen molar-refractivity contribution in [2.75, 3.05) is 18.1 Å². The predicted octanol–water partition coefficient (Wildman–Crippen LogP) is 2.81. The van der Waals surface area contributed by atoms with Gasteiger partial charge in [0.2, 0.25) is 0 Å². The number of anilines is 1. The van der Waals surface area contributed by atoms with Crippen molar-refractivity contribution in [2.45, 2.75) is 26.8 Å². The Morgan fingerprint density at radius 1 is 1.30 bits per heavy atom. The highest BCUT2D eigenvalue weighted by molar-refractivity contribution is 7.22. The molecule has 0 unspecified atom stereocenters. The van der Waals surface area contributed by atoms with Crippen LogP contribution in [-0.4, -0.2) is 34.6 Å². The van der Waals surface area contributed by atoms with Crippen LogP contribution in [0.25, 0.3) is 10.2 Å². The number of hydrogen-bond donors (Lipinski definition) is 0. The van der Waals surface area contributed by atoms with Gasteiger partial charge < -0.3 is 9.30 Å². The van der Waals surface area contributed by atoms with Gasteiger partial charge >= 0.3 is 10.8 Å². The molecule has 0 bridgehead atoms. The van der Waals surface area contributed by atoms with E-state index in [1.807, 2.05) is 38.1 Å². The number of esters is 1. The molecule has 2 heterocycles. The molecule has 0 atom stereocenters. The van der Waals surface area contributed by atoms with Gasteiger partial charge in [-0.25, -0.2) is 4.98 Å². The van der Waals surface area contributed by atoms with E-state index in [0.717, 1.165) is 27.2 Å². The van der Waals surface area contributed by atoms with Crippen molar-refractivity contribution in [3.63, 3.8) is 0 Å². The zero-order valence-corrected chi connectivity index (χ0v) is 16.6. The van der Waals surface area contributed by atoms with Crippen molar-refractivity contribution in [3.8, 4) is 0 Å². The van der Waals surface area contributed by atoms with Gasteiger partial charge in [0.25, 0.3) is 5.91 Å². The smallest absolute Gasteiger partial charge is 0.308 e. The molecule has 0 spiro atoms. The number of aromatic nitrogens is 2. The molecule has 9 heteroatoms. The van der Waals surface area contributed by atoms with Crippen molar-refractivity contribution in [3.05, 3.63) is 45.0 Å². The van der Waals surface area contributed by atoms with Crippen molar-refractivity contribution >= 4 is 49.9 Å². The molecular weight excluding hydrogens is 386 g/mol. The molecule has 0 aliphatic heterocycles. The van der Waals surface area contributed by atoms with E-state index in [4.69, 9.17) is 4.74 Å². The van der Waals surface area contributed by atoms with Gasteiger partial charge in [0.1, 0.15) is 0 Å². The van der Waals surface area contributed by atoms with Gasteiger partial charge in [-0.2, -0.15) is 0 Å². The fourth-order valence-electron chi connectivity index (χ4n) is 2.56. The van der Waals surface area contributed by atoms with Gasteiger partial charge in [-0.1, -0.05) is 34.8 Å². The molecule has 1 aromatic carbocycles. The lowest BCUT2D eigenvalue weighted by molar-refractivity contribution is -0.148. The predicted molar refractivity (Wildman–Crippen MR) is 107 cm³/mol. The average Bonchev–Trinajstić information content (AvgIpc) is 3.22. The van der Waals surface area contributed by atoms with Crippen LogP contribution < -0.4 is 9.77 Å². The number of hydrogen-bond acceptors (Lipinski definition) is 7. The number of rotatable bonds is 7. The van der Waals surface area contributed by atoms with Crippen LogP contribution in [0.1, 0.15) is 19.0 Å². The summed E-state index contributed by atoms with van der Waals surface area (Å²) in [7, 11) is 0. The van der Waals surface area contributed by atoms with E-state index in [0.29, 0.717) is 11.7 Å². The van der Waals surface area contributed by atoms with E-state index in [1.54, 1.807) is 5.38 Å². The number of nitrogens with zero attached hydrogens (tertiary/aromatic N) is 3. The Bertz CT molecular complexity index is 988. The number of amides is 1. The topological polar surface area (TPSA) is 81.5 Å². The quantitative estimate of drug-likeness (QED) is 0.565. The summed E-state index contributed by atoms with van der Waals surface area (Å²) in [5.74, 6) is -0.838. The second kappa shape index (κ2) is 8.45. The van der Waals surface area contributed by atoms with Gasteiger partial charge in [0, 0.05) is 24.2 Å². The van der Waals surface area contributed by atoms with Crippen LogP contribution in [0.5, 0.6) is 0 Å². The summed E-state index contributed by atoms with van der Waals surface area (Å²) in [4.78, 5) is 41.9. The Labute approximate surface area is 163 Å². The highest BCUT2D eigenvalue weighted by Gasteiger charge is 2.19. The summed E-state index contributed by atoms with van der Waals surface area (Å²) in [6.45, 7) is 3.98. The average molecular weight is 406 g/mol. The normalized spacial score (nSPS) is 10.9. The lowest BCUT2D eigenvalue weighted by Crippen LogP contribution is -2.34. The molecule has 3 aromatic rings. The first-order valence-corrected chi connectivity index (χ1v) is 10.2. The van der Waals surface area contributed by atoms with Gasteiger partial charge in [-0.3, -0.25) is 19.3 Å². The number of ether oxygens (including phenoxy) is 1. The number of benzene rings is 1. The molecule has 7 nitrogen and oxygen atoms in total. The molecule has 2 aromatic heterocycles. The van der Waals surface area contributed by atoms with Gasteiger partial charge in [-0.05, 0) is 26.0 Å². The van der Waals surface area contributed by atoms with Gasteiger partial charge in [0.15, 0.2) is 11.7 Å². The van der Waals surface area contributed by atoms with Gasteiger partial charge in [0.05, 0.1) is 16.6 Å². The summed E-state index contributed by atoms with van der Waals surface area (Å²) in [5.41, 5.74) is 1.64. The van der Waals surface area contributed by atoms with E-state index in [1.165, 1.54) is 20.8 Å². The molecule has 0 saturated heterocycles. The van der Waals surface area contributed by atoms with Crippen molar-refractivity contribution < 1.29 is 14.3 Å². The molecule has 27 heavy (non-hydrogen) atoms. The Morgan fingerprint density at radius 3 is 2.74 bits per heavy atom. The molecule has 0 N–H and O–H groups in total. The highest BCUT2D eigenvalue weighted by Crippen LogP contribution is 2.28. The fraction of sp³-hybridized carbons (Fsp3) is 0.333. The molecule has 0 radical (unpaired) electrons. The number of aryl methyl sites for hydroxylation is 1. The van der Waals surface area contributed by atoms with Crippen LogP contribution in [0.3, 0.4) is 0 Å². The minimum atomic E-state index is -0.513. The molecule has 1 amide bonds. The standard InChI is InChI=1S/C18H19N3O4S2/c1-3-20(17-19-13-6-4-5-7-14(13)27-17)15(22)10-25-16(23)8-9-21-12(2)11-26-18(21)24/h4-7,11H,3,8-10H2,1-2H3. The first-order chi connectivity index (χ1) is 13.0. The molecule has 142 valence electrons. The maximum absolute atomic E-state index is 12.5. The number of carbonyl (C=O) groups excluding carboxylic acids is 2. The second-order valence-electron chi connectivity index (χ2n) is 5.81. The third-order valence-electron chi connectivity index (χ3n) is 4.00. The third kappa shape index (κ3) is 4.42. The zero-order chi connectivity index (χ0) is 19.4. The van der Waals surface area contributed by atoms with Crippen LogP contribution in [0.2, 0.25) is 0 Å². The maximum atomic E-state index is 12.5. The van der Waals surface area contributed by atoms with Crippen molar-refractivity contribution in [1.29, 1.82) is 0 Å². The van der Waals surface area contributed by atoms with Crippen molar-refractivity contribution in [2.24, 2.45) is 0 Å². The van der Waals surface area contributed by atoms with E-state index < -0.39 is 5.97 Å². The summed E-state index contributed by atoms with van der Waals surface area (Å²) >= 11 is 2.52. The molecule has 3 rings (SSSR count). The first kappa shape index (κ1) is 19.2. The third-order valence-corrected chi connectivity index (χ3v) is 5.94. The lowest BCUT2D eigenvalue weighted by atomic mass is 10.3. The Kier molecular flexibility index (Phi) is 6.02. The summed E-state index contributed by atoms with van der Waals surface area (Å²) in [6.07, 6.45) is 0.0397. The second-order valence-corrected chi connectivity index (χ2v) is 7.64. The van der Waals surface area contributed by atoms with E-state index in [9.17, 15) is 14.4 Å². The molecule has 0 fully saturated rings. The summed E-state index contributed by atoms with van der Waals surface area (Å²) in [6, 6.07) is 7.65. The largest absolute Gasteiger partial charge is 0.455 e. The maximum Gasteiger partial charge on any atom is 0.308 e. The monoisotopic (exact) mass is 405 g/mol. The minimum absolute atomic E-state index is 0.0397. The Morgan fingerprint density at radius 2 is 2.07 bits per heavy atom. The number of thiazole rings is 2. The van der Waals surface area contributed by atoms with E-state index in [2.05, 4.69) is 4.98 Å². The van der Waals surface area contributed by atoms with Crippen LogP contribution in [0.15, 0.2) is 34.4 Å². The number of likely N-dealkylation sites (N-methyl/N-ethyl adjacent to an activating group) is 1. The molecule has 0 aliphatic rings. The van der Waals surface area contributed by atoms with Crippen LogP contribution in [0.4, 0.5) is 5.13 Å². The number of fused-ring (bicyclic) bond motifs is 1. The lowest BCUT2D eigenvalue weighted by Gasteiger charge is -2.17. The summed E-state index contributed by atoms with van der Waals surface area (Å²) in [5, 5.41) is 2.33. The van der Waals surface area contributed by atoms with Crippen molar-refractivity contribution in [1.82, 2.24) is 9.55 Å². The fourth-order valence-corrected chi connectivity index (χ4v) is 4.37. The number of para-hydroxylation sites is 1. The Hall–Kier alpha value is -2.52. The van der Waals surface area contributed by atoms with Crippen LogP contribution in [-0.2, 0) is 20.9 Å². The Balaban J connectivity index is 1.56. The SMILES string of the molecule is CCN(C(=O)COC(=O)CCn1c(C)csc1=O)c1nc2ccccc2s1. The molecular formula is C18H19N3O4S2. The first-order valence-electron chi connectivity index (χ1n) is 8.46. The minimum Gasteiger partial charge on any atom is -0.455 e. The summed E-state index contributed by atoms with van der Waals surface area (Å²) < 4.78 is 7.61. The van der Waals surface area contributed by atoms with E-state index in [-0.39, 0.29) is 30.4 Å². The zero-order valence-electron chi connectivity index (χ0n) is 15.0. The molecule has 0 saturated carbocycles. The highest BCUT2D eigenvalue weighted by atomic mass is 32.1. The van der Waals surface area contributed by atoms with E-state index >= 15 is 0 Å². The number of carbonyl (C=O) groups is 2. The van der Waals surface area contributed by atoms with Crippen LogP contribution in [0, 0.1) is 6.92 Å². The molecule has 0 aliphatic carbocycles. The van der Waals surface area contributed by atoms with Gasteiger partial charge in [-0.15, -0.1) is 0 Å².